The van der Waals surface area contributed by atoms with Crippen molar-refractivity contribution in [1.82, 2.24) is 25.1 Å². The number of rotatable bonds is 4. The number of carboxylic acids is 1. The summed E-state index contributed by atoms with van der Waals surface area (Å²) in [6.07, 6.45) is 2.15. The fourth-order valence-corrected chi connectivity index (χ4v) is 4.69. The highest BCUT2D eigenvalue weighted by molar-refractivity contribution is 14.1. The molecule has 0 bridgehead atoms. The van der Waals surface area contributed by atoms with E-state index in [4.69, 9.17) is 5.11 Å². The normalized spacial score (nSPS) is 17.1. The zero-order valence-electron chi connectivity index (χ0n) is 22.2. The molecule has 8 nitrogen and oxygen atoms in total. The Morgan fingerprint density at radius 2 is 1.24 bits per heavy atom. The number of carbonyl (C=O) groups excluding carboxylic acids is 1. The number of likely N-dealkylation sites (tertiary alicyclic amines) is 1. The Bertz CT molecular complexity index is 959. The van der Waals surface area contributed by atoms with E-state index in [-0.39, 0.29) is 5.91 Å². The first-order valence-electron chi connectivity index (χ1n) is 12.4. The Morgan fingerprint density at radius 3 is 1.68 bits per heavy atom. The van der Waals surface area contributed by atoms with Crippen LogP contribution in [-0.2, 0) is 0 Å². The monoisotopic (exact) mass is 735 g/mol. The lowest BCUT2D eigenvalue weighted by molar-refractivity contribution is 0.0657. The molecule has 2 heterocycles. The quantitative estimate of drug-likeness (QED) is 0.463. The summed E-state index contributed by atoms with van der Waals surface area (Å²) >= 11 is 4.38. The number of halogens is 2. The minimum Gasteiger partial charge on any atom is -0.478 e. The molecule has 10 heteroatoms. The van der Waals surface area contributed by atoms with Crippen LogP contribution < -0.4 is 5.43 Å². The molecular weight excluding hydrogens is 696 g/mol. The summed E-state index contributed by atoms with van der Waals surface area (Å²) in [5, 5.41) is 10.7. The molecular formula is C27H39I2N5O3. The van der Waals surface area contributed by atoms with Crippen molar-refractivity contribution in [3.05, 3.63) is 66.8 Å². The van der Waals surface area contributed by atoms with Crippen molar-refractivity contribution in [3.8, 4) is 0 Å². The fourth-order valence-electron chi connectivity index (χ4n) is 3.97. The van der Waals surface area contributed by atoms with Crippen molar-refractivity contribution >= 4 is 57.1 Å². The molecule has 37 heavy (non-hydrogen) atoms. The van der Waals surface area contributed by atoms with Crippen molar-refractivity contribution in [1.29, 1.82) is 0 Å². The van der Waals surface area contributed by atoms with Crippen molar-refractivity contribution < 1.29 is 14.7 Å². The minimum atomic E-state index is -0.878. The van der Waals surface area contributed by atoms with Gasteiger partial charge in [-0.3, -0.25) is 10.2 Å². The van der Waals surface area contributed by atoms with Crippen molar-refractivity contribution in [3.63, 3.8) is 0 Å². The first-order valence-corrected chi connectivity index (χ1v) is 14.6. The lowest BCUT2D eigenvalue weighted by Crippen LogP contribution is -2.49. The van der Waals surface area contributed by atoms with E-state index in [1.165, 1.54) is 13.1 Å². The van der Waals surface area contributed by atoms with E-state index >= 15 is 0 Å². The molecule has 2 N–H and O–H groups in total. The van der Waals surface area contributed by atoms with E-state index in [0.717, 1.165) is 51.7 Å². The summed E-state index contributed by atoms with van der Waals surface area (Å²) in [4.78, 5) is 29.2. The predicted molar refractivity (Wildman–Crippen MR) is 166 cm³/mol. The van der Waals surface area contributed by atoms with Gasteiger partial charge in [0.05, 0.1) is 5.56 Å². The van der Waals surface area contributed by atoms with Gasteiger partial charge in [0.25, 0.3) is 5.91 Å². The largest absolute Gasteiger partial charge is 0.478 e. The van der Waals surface area contributed by atoms with Crippen molar-refractivity contribution in [2.24, 2.45) is 0 Å². The molecule has 2 fully saturated rings. The number of carboxylic acid groups (broad SMARTS) is 1. The number of carbonyl (C=O) groups is 2. The number of hydrazine groups is 1. The number of likely N-dealkylation sites (N-methyl/N-ethyl adjacent to an activating group) is 1. The molecule has 0 radical (unpaired) electrons. The summed E-state index contributed by atoms with van der Waals surface area (Å²) < 4.78 is 2.20. The third kappa shape index (κ3) is 11.5. The van der Waals surface area contributed by atoms with Gasteiger partial charge in [-0.25, -0.2) is 9.80 Å². The van der Waals surface area contributed by atoms with Crippen LogP contribution in [-0.4, -0.2) is 110 Å². The van der Waals surface area contributed by atoms with Gasteiger partial charge >= 0.3 is 5.97 Å². The summed E-state index contributed by atoms with van der Waals surface area (Å²) in [5.74, 6) is -0.739. The number of hydrogen-bond donors (Lipinski definition) is 2. The number of piperidine rings is 1. The summed E-state index contributed by atoms with van der Waals surface area (Å²) in [5.41, 5.74) is 4.25. The Hall–Kier alpha value is -1.32. The van der Waals surface area contributed by atoms with E-state index < -0.39 is 5.97 Å². The molecule has 2 aromatic carbocycles. The first kappa shape index (κ1) is 31.9. The summed E-state index contributed by atoms with van der Waals surface area (Å²) in [6.45, 7) is 6.81. The van der Waals surface area contributed by atoms with Gasteiger partial charge in [0, 0.05) is 52.0 Å². The SMILES string of the molecule is CN1CCC(N(C)C(=O)c2ccc(I)cc2)CC1.CNN1CCN(C)CC1.O=C(O)c1ccc(I)cc1. The van der Waals surface area contributed by atoms with E-state index in [9.17, 15) is 9.59 Å². The molecule has 1 amide bonds. The number of aromatic carboxylic acids is 1. The van der Waals surface area contributed by atoms with Gasteiger partial charge in [-0.05, 0) is 141 Å². The van der Waals surface area contributed by atoms with Crippen LogP contribution in [0.15, 0.2) is 48.5 Å². The van der Waals surface area contributed by atoms with Crippen LogP contribution >= 0.6 is 45.2 Å². The average Bonchev–Trinajstić information content (AvgIpc) is 2.90. The molecule has 0 saturated carbocycles. The highest BCUT2D eigenvalue weighted by atomic mass is 127. The smallest absolute Gasteiger partial charge is 0.335 e. The van der Waals surface area contributed by atoms with Gasteiger partial charge < -0.3 is 19.8 Å². The van der Waals surface area contributed by atoms with Crippen LogP contribution in [0, 0.1) is 7.14 Å². The van der Waals surface area contributed by atoms with Crippen LogP contribution in [0.2, 0.25) is 0 Å². The number of hydrogen-bond acceptors (Lipinski definition) is 6. The maximum atomic E-state index is 12.3. The maximum Gasteiger partial charge on any atom is 0.335 e. The summed E-state index contributed by atoms with van der Waals surface area (Å²) in [6, 6.07) is 14.9. The number of nitrogens with one attached hydrogen (secondary N) is 1. The Balaban J connectivity index is 0.000000214. The van der Waals surface area contributed by atoms with Crippen LogP contribution in [0.1, 0.15) is 33.6 Å². The standard InChI is InChI=1S/C14H19IN2O.C7H5IO2.C6H15N3/c1-16-9-7-13(8-10-16)17(2)14(18)11-3-5-12(15)6-4-11;8-6-3-1-5(2-4-6)7(9)10;1-7-9-5-3-8(2)4-6-9/h3-6,13H,7-10H2,1-2H3;1-4H,(H,9,10);7H,3-6H2,1-2H3. The number of benzene rings is 2. The van der Waals surface area contributed by atoms with E-state index in [2.05, 4.69) is 79.5 Å². The zero-order valence-corrected chi connectivity index (χ0v) is 26.5. The molecule has 4 rings (SSSR count). The third-order valence-electron chi connectivity index (χ3n) is 6.56. The van der Waals surface area contributed by atoms with Crippen LogP contribution in [0.4, 0.5) is 0 Å². The average molecular weight is 735 g/mol. The van der Waals surface area contributed by atoms with Crippen LogP contribution in [0.3, 0.4) is 0 Å². The highest BCUT2D eigenvalue weighted by Crippen LogP contribution is 2.17. The Labute approximate surface area is 248 Å². The van der Waals surface area contributed by atoms with Crippen LogP contribution in [0.5, 0.6) is 0 Å². The van der Waals surface area contributed by atoms with Gasteiger partial charge in [-0.15, -0.1) is 0 Å². The van der Waals surface area contributed by atoms with Crippen molar-refractivity contribution in [2.45, 2.75) is 18.9 Å². The van der Waals surface area contributed by atoms with Gasteiger partial charge in [-0.2, -0.15) is 0 Å². The molecule has 2 aliphatic rings. The Morgan fingerprint density at radius 1 is 0.811 bits per heavy atom. The zero-order chi connectivity index (χ0) is 27.4. The molecule has 0 spiro atoms. The molecule has 2 aliphatic heterocycles. The number of amides is 1. The number of nitrogens with zero attached hydrogens (tertiary/aromatic N) is 4. The second kappa shape index (κ2) is 16.6. The summed E-state index contributed by atoms with van der Waals surface area (Å²) in [7, 11) is 8.20. The van der Waals surface area contributed by atoms with Crippen LogP contribution in [0.25, 0.3) is 0 Å². The molecule has 2 saturated heterocycles. The van der Waals surface area contributed by atoms with Gasteiger partial charge in [0.2, 0.25) is 0 Å². The van der Waals surface area contributed by atoms with Crippen molar-refractivity contribution in [2.75, 3.05) is 67.5 Å². The van der Waals surface area contributed by atoms with E-state index in [1.54, 1.807) is 24.3 Å². The lowest BCUT2D eigenvalue weighted by Gasteiger charge is -2.35. The third-order valence-corrected chi connectivity index (χ3v) is 8.00. The highest BCUT2D eigenvalue weighted by Gasteiger charge is 2.24. The molecule has 204 valence electrons. The van der Waals surface area contributed by atoms with Gasteiger partial charge in [0.1, 0.15) is 0 Å². The fraction of sp³-hybridized carbons (Fsp3) is 0.481. The topological polar surface area (TPSA) is 79.4 Å². The first-order chi connectivity index (χ1) is 17.6. The number of piperazine rings is 1. The van der Waals surface area contributed by atoms with E-state index in [0.29, 0.717) is 11.6 Å². The maximum absolute atomic E-state index is 12.3. The predicted octanol–water partition coefficient (Wildman–Crippen LogP) is 3.82. The second-order valence-corrected chi connectivity index (χ2v) is 11.8. The van der Waals surface area contributed by atoms with Gasteiger partial charge in [-0.1, -0.05) is 0 Å². The molecule has 0 unspecified atom stereocenters. The lowest BCUT2D eigenvalue weighted by atomic mass is 10.0. The molecule has 2 aromatic rings. The molecule has 0 atom stereocenters. The second-order valence-electron chi connectivity index (χ2n) is 9.28. The van der Waals surface area contributed by atoms with E-state index in [1.807, 2.05) is 43.3 Å². The molecule has 0 aliphatic carbocycles. The van der Waals surface area contributed by atoms with Gasteiger partial charge in [0.15, 0.2) is 0 Å². The molecule has 0 aromatic heterocycles. The Kier molecular flexibility index (Phi) is 14.3. The minimum absolute atomic E-state index is 0.140.